The van der Waals surface area contributed by atoms with Gasteiger partial charge < -0.3 is 18.9 Å². The highest BCUT2D eigenvalue weighted by atomic mass is 16.6. The predicted molar refractivity (Wildman–Crippen MR) is 77.8 cm³/mol. The first kappa shape index (κ1) is 18.1. The van der Waals surface area contributed by atoms with Crippen LogP contribution in [0.3, 0.4) is 0 Å². The number of nitrogens with zero attached hydrogens (tertiary/aromatic N) is 1. The molecule has 0 aromatic carbocycles. The lowest BCUT2D eigenvalue weighted by atomic mass is 10.2. The number of carbonyl (C=O) groups is 2. The molecular weight excluding hydrogens is 290 g/mol. The van der Waals surface area contributed by atoms with Crippen LogP contribution in [0.25, 0.3) is 0 Å². The highest BCUT2D eigenvalue weighted by Gasteiger charge is 2.13. The molecule has 22 heavy (non-hydrogen) atoms. The zero-order valence-corrected chi connectivity index (χ0v) is 12.9. The summed E-state index contributed by atoms with van der Waals surface area (Å²) in [5, 5.41) is 0. The fraction of sp³-hybridized carbons (Fsp3) is 0.533. The molecule has 1 aromatic rings. The maximum absolute atomic E-state index is 11.8. The molecule has 0 amide bonds. The lowest BCUT2D eigenvalue weighted by Gasteiger charge is -2.07. The van der Waals surface area contributed by atoms with Gasteiger partial charge in [-0.15, -0.1) is 0 Å². The summed E-state index contributed by atoms with van der Waals surface area (Å²) in [5.41, 5.74) is 0.291. The van der Waals surface area contributed by atoms with Gasteiger partial charge in [0.2, 0.25) is 0 Å². The Balaban J connectivity index is 2.50. The maximum Gasteiger partial charge on any atom is 0.357 e. The summed E-state index contributed by atoms with van der Waals surface area (Å²) >= 11 is 0. The minimum absolute atomic E-state index is 0.0516. The number of carbonyl (C=O) groups excluding carboxylic acids is 2. The van der Waals surface area contributed by atoms with Gasteiger partial charge >= 0.3 is 11.9 Å². The highest BCUT2D eigenvalue weighted by Crippen LogP contribution is 2.05. The van der Waals surface area contributed by atoms with Crippen molar-refractivity contribution in [3.05, 3.63) is 29.6 Å². The molecule has 0 unspecified atom stereocenters. The molecule has 1 heterocycles. The van der Waals surface area contributed by atoms with Crippen LogP contribution in [0, 0.1) is 0 Å². The Morgan fingerprint density at radius 3 is 2.14 bits per heavy atom. The van der Waals surface area contributed by atoms with Gasteiger partial charge in [0.15, 0.2) is 0 Å². The summed E-state index contributed by atoms with van der Waals surface area (Å²) < 4.78 is 20.1. The second kappa shape index (κ2) is 10.7. The van der Waals surface area contributed by atoms with Gasteiger partial charge in [-0.05, 0) is 26.0 Å². The van der Waals surface area contributed by atoms with Gasteiger partial charge in [0, 0.05) is 19.4 Å². The Morgan fingerprint density at radius 1 is 0.955 bits per heavy atom. The van der Waals surface area contributed by atoms with Gasteiger partial charge in [0.05, 0.1) is 18.8 Å². The third kappa shape index (κ3) is 6.64. The van der Waals surface area contributed by atoms with Crippen molar-refractivity contribution >= 4 is 11.9 Å². The number of esters is 2. The van der Waals surface area contributed by atoms with E-state index in [4.69, 9.17) is 18.9 Å². The molecule has 0 spiro atoms. The molecule has 0 saturated carbocycles. The molecule has 0 aliphatic heterocycles. The van der Waals surface area contributed by atoms with Crippen molar-refractivity contribution in [3.8, 4) is 0 Å². The number of ether oxygens (including phenoxy) is 4. The van der Waals surface area contributed by atoms with Crippen LogP contribution in [0.15, 0.2) is 18.3 Å². The standard InChI is InChI=1S/C15H21NO6/c1-3-19-7-9-21-14(17)12-5-6-16-13(11-12)15(18)22-10-8-20-4-2/h5-6,11H,3-4,7-10H2,1-2H3. The van der Waals surface area contributed by atoms with Gasteiger partial charge in [0.25, 0.3) is 0 Å². The molecule has 122 valence electrons. The highest BCUT2D eigenvalue weighted by molar-refractivity contribution is 5.93. The summed E-state index contributed by atoms with van der Waals surface area (Å²) in [5.74, 6) is -1.14. The fourth-order valence-electron chi connectivity index (χ4n) is 1.50. The number of hydrogen-bond acceptors (Lipinski definition) is 7. The summed E-state index contributed by atoms with van der Waals surface area (Å²) in [7, 11) is 0. The van der Waals surface area contributed by atoms with Gasteiger partial charge in [-0.1, -0.05) is 0 Å². The number of hydrogen-bond donors (Lipinski definition) is 0. The van der Waals surface area contributed by atoms with Gasteiger partial charge in [-0.3, -0.25) is 0 Å². The van der Waals surface area contributed by atoms with Crippen LogP contribution < -0.4 is 0 Å². The zero-order chi connectivity index (χ0) is 16.2. The topological polar surface area (TPSA) is 84.0 Å². The van der Waals surface area contributed by atoms with E-state index in [9.17, 15) is 9.59 Å². The Kier molecular flexibility index (Phi) is 8.78. The van der Waals surface area contributed by atoms with Gasteiger partial charge in [-0.25, -0.2) is 14.6 Å². The van der Waals surface area contributed by atoms with E-state index in [1.165, 1.54) is 18.3 Å². The average Bonchev–Trinajstić information content (AvgIpc) is 2.55. The first-order valence-corrected chi connectivity index (χ1v) is 7.14. The van der Waals surface area contributed by atoms with Gasteiger partial charge in [0.1, 0.15) is 18.9 Å². The van der Waals surface area contributed by atoms with E-state index in [1.54, 1.807) is 0 Å². The summed E-state index contributed by atoms with van der Waals surface area (Å²) in [6, 6.07) is 2.81. The van der Waals surface area contributed by atoms with Crippen LogP contribution in [0.2, 0.25) is 0 Å². The van der Waals surface area contributed by atoms with E-state index in [-0.39, 0.29) is 24.5 Å². The predicted octanol–water partition coefficient (Wildman–Crippen LogP) is 1.47. The number of pyridine rings is 1. The zero-order valence-electron chi connectivity index (χ0n) is 12.9. The van der Waals surface area contributed by atoms with Crippen LogP contribution in [-0.2, 0) is 18.9 Å². The second-order valence-corrected chi connectivity index (χ2v) is 4.10. The second-order valence-electron chi connectivity index (χ2n) is 4.10. The molecule has 7 heteroatoms. The molecule has 1 rings (SSSR count). The SMILES string of the molecule is CCOCCOC(=O)c1ccnc(C(=O)OCCOCC)c1. The average molecular weight is 311 g/mol. The maximum atomic E-state index is 11.8. The first-order chi connectivity index (χ1) is 10.7. The molecule has 0 radical (unpaired) electrons. The van der Waals surface area contributed by atoms with Crippen LogP contribution >= 0.6 is 0 Å². The molecule has 0 saturated heterocycles. The smallest absolute Gasteiger partial charge is 0.357 e. The molecule has 0 atom stereocenters. The monoisotopic (exact) mass is 311 g/mol. The Labute approximate surface area is 129 Å². The molecular formula is C15H21NO6. The van der Waals surface area contributed by atoms with Crippen LogP contribution in [0.5, 0.6) is 0 Å². The Morgan fingerprint density at radius 2 is 1.55 bits per heavy atom. The normalized spacial score (nSPS) is 10.3. The minimum atomic E-state index is -0.608. The summed E-state index contributed by atoms with van der Waals surface area (Å²) in [6.07, 6.45) is 1.36. The Hall–Kier alpha value is -1.99. The minimum Gasteiger partial charge on any atom is -0.460 e. The van der Waals surface area contributed by atoms with E-state index >= 15 is 0 Å². The first-order valence-electron chi connectivity index (χ1n) is 7.14. The van der Waals surface area contributed by atoms with E-state index in [0.717, 1.165) is 0 Å². The summed E-state index contributed by atoms with van der Waals surface area (Å²) in [4.78, 5) is 27.5. The molecule has 0 bridgehead atoms. The van der Waals surface area contributed by atoms with Crippen molar-refractivity contribution in [1.29, 1.82) is 0 Å². The summed E-state index contributed by atoms with van der Waals surface area (Å²) in [6.45, 7) is 5.77. The molecule has 0 N–H and O–H groups in total. The number of rotatable bonds is 10. The van der Waals surface area contributed by atoms with E-state index in [0.29, 0.717) is 26.4 Å². The van der Waals surface area contributed by atoms with Gasteiger partial charge in [-0.2, -0.15) is 0 Å². The van der Waals surface area contributed by atoms with Crippen molar-refractivity contribution in [2.24, 2.45) is 0 Å². The third-order valence-electron chi connectivity index (χ3n) is 2.53. The lowest BCUT2D eigenvalue weighted by Crippen LogP contribution is -2.14. The van der Waals surface area contributed by atoms with E-state index < -0.39 is 11.9 Å². The van der Waals surface area contributed by atoms with Crippen LogP contribution in [0.1, 0.15) is 34.7 Å². The van der Waals surface area contributed by atoms with E-state index in [1.807, 2.05) is 13.8 Å². The van der Waals surface area contributed by atoms with Crippen molar-refractivity contribution in [1.82, 2.24) is 4.98 Å². The molecule has 0 aliphatic rings. The molecule has 0 fully saturated rings. The molecule has 7 nitrogen and oxygen atoms in total. The van der Waals surface area contributed by atoms with Crippen LogP contribution in [0.4, 0.5) is 0 Å². The lowest BCUT2D eigenvalue weighted by molar-refractivity contribution is 0.0326. The fourth-order valence-corrected chi connectivity index (χ4v) is 1.50. The number of aromatic nitrogens is 1. The largest absolute Gasteiger partial charge is 0.460 e. The van der Waals surface area contributed by atoms with Crippen molar-refractivity contribution in [2.75, 3.05) is 39.6 Å². The van der Waals surface area contributed by atoms with Crippen LogP contribution in [-0.4, -0.2) is 56.6 Å². The van der Waals surface area contributed by atoms with Crippen molar-refractivity contribution < 1.29 is 28.5 Å². The van der Waals surface area contributed by atoms with Crippen molar-refractivity contribution in [3.63, 3.8) is 0 Å². The Bertz CT molecular complexity index is 438. The molecule has 1 aromatic heterocycles. The molecule has 0 aliphatic carbocycles. The third-order valence-corrected chi connectivity index (χ3v) is 2.53. The quantitative estimate of drug-likeness (QED) is 0.478. The van der Waals surface area contributed by atoms with E-state index in [2.05, 4.69) is 4.98 Å². The van der Waals surface area contributed by atoms with Crippen molar-refractivity contribution in [2.45, 2.75) is 13.8 Å².